The van der Waals surface area contributed by atoms with Crippen LogP contribution in [-0.2, 0) is 4.79 Å². The van der Waals surface area contributed by atoms with Gasteiger partial charge in [-0.15, -0.1) is 15.3 Å². The van der Waals surface area contributed by atoms with Crippen molar-refractivity contribution < 1.29 is 19.0 Å². The van der Waals surface area contributed by atoms with Gasteiger partial charge in [-0.05, 0) is 56.2 Å². The second kappa shape index (κ2) is 10.2. The van der Waals surface area contributed by atoms with Gasteiger partial charge in [0.25, 0.3) is 5.91 Å². The summed E-state index contributed by atoms with van der Waals surface area (Å²) in [5, 5.41) is 15.7. The molecule has 0 aliphatic carbocycles. The number of carbonyl (C=O) groups is 1. The first-order valence-corrected chi connectivity index (χ1v) is 11.0. The summed E-state index contributed by atoms with van der Waals surface area (Å²) in [5.74, 6) is 2.09. The third kappa shape index (κ3) is 4.93. The predicted molar refractivity (Wildman–Crippen MR) is 127 cm³/mol. The molecular weight excluding hydrogens is 434 g/mol. The predicted octanol–water partition coefficient (Wildman–Crippen LogP) is 3.38. The van der Waals surface area contributed by atoms with Gasteiger partial charge in [0.1, 0.15) is 18.1 Å². The number of methoxy groups -OCH3 is 1. The zero-order valence-electron chi connectivity index (χ0n) is 19.6. The van der Waals surface area contributed by atoms with E-state index >= 15 is 0 Å². The summed E-state index contributed by atoms with van der Waals surface area (Å²) in [7, 11) is 1.60. The molecule has 1 unspecified atom stereocenters. The summed E-state index contributed by atoms with van der Waals surface area (Å²) in [4.78, 5) is 12.4. The van der Waals surface area contributed by atoms with Crippen LogP contribution in [0.1, 0.15) is 18.1 Å². The standard InChI is InChI=1S/C25H27N5O4/c1-16-8-7-11-20(17(16)2)34-18(3)25(31)26-14-15-33-23-13-12-22-27-28-24(30(22)29-23)19-9-5-6-10-21(19)32-4/h5-13,18H,14-15H2,1-4H3,(H,26,31). The van der Waals surface area contributed by atoms with Gasteiger partial charge in [0.2, 0.25) is 5.88 Å². The smallest absolute Gasteiger partial charge is 0.260 e. The molecule has 4 aromatic rings. The normalized spacial score (nSPS) is 11.8. The topological polar surface area (TPSA) is 99.9 Å². The fraction of sp³-hybridized carbons (Fsp3) is 0.280. The van der Waals surface area contributed by atoms with Crippen molar-refractivity contribution >= 4 is 11.6 Å². The SMILES string of the molecule is COc1ccccc1-c1nnc2ccc(OCCNC(=O)C(C)Oc3cccc(C)c3C)nn12. The van der Waals surface area contributed by atoms with Crippen LogP contribution < -0.4 is 19.5 Å². The van der Waals surface area contributed by atoms with Crippen molar-refractivity contribution in [2.75, 3.05) is 20.3 Å². The van der Waals surface area contributed by atoms with Crippen molar-refractivity contribution in [3.63, 3.8) is 0 Å². The maximum atomic E-state index is 12.4. The van der Waals surface area contributed by atoms with Crippen LogP contribution in [0.2, 0.25) is 0 Å². The summed E-state index contributed by atoms with van der Waals surface area (Å²) in [6.07, 6.45) is -0.629. The Kier molecular flexibility index (Phi) is 6.91. The van der Waals surface area contributed by atoms with Crippen molar-refractivity contribution in [2.24, 2.45) is 0 Å². The molecule has 0 saturated carbocycles. The van der Waals surface area contributed by atoms with Crippen LogP contribution in [0, 0.1) is 13.8 Å². The third-order valence-corrected chi connectivity index (χ3v) is 5.47. The quantitative estimate of drug-likeness (QED) is 0.382. The third-order valence-electron chi connectivity index (χ3n) is 5.47. The van der Waals surface area contributed by atoms with E-state index < -0.39 is 6.10 Å². The summed E-state index contributed by atoms with van der Waals surface area (Å²) in [5.41, 5.74) is 3.49. The molecule has 4 rings (SSSR count). The molecule has 0 saturated heterocycles. The monoisotopic (exact) mass is 461 g/mol. The number of nitrogens with zero attached hydrogens (tertiary/aromatic N) is 4. The lowest BCUT2D eigenvalue weighted by Gasteiger charge is -2.17. The highest BCUT2D eigenvalue weighted by Gasteiger charge is 2.16. The van der Waals surface area contributed by atoms with Gasteiger partial charge in [-0.2, -0.15) is 4.52 Å². The summed E-state index contributed by atoms with van der Waals surface area (Å²) in [6, 6.07) is 16.8. The highest BCUT2D eigenvalue weighted by Crippen LogP contribution is 2.28. The number of hydrogen-bond donors (Lipinski definition) is 1. The van der Waals surface area contributed by atoms with E-state index in [-0.39, 0.29) is 12.5 Å². The van der Waals surface area contributed by atoms with Crippen molar-refractivity contribution in [3.8, 4) is 28.8 Å². The van der Waals surface area contributed by atoms with Crippen molar-refractivity contribution in [2.45, 2.75) is 26.9 Å². The maximum absolute atomic E-state index is 12.4. The summed E-state index contributed by atoms with van der Waals surface area (Å²) >= 11 is 0. The average molecular weight is 462 g/mol. The number of aromatic nitrogens is 4. The van der Waals surface area contributed by atoms with Crippen LogP contribution in [0.15, 0.2) is 54.6 Å². The molecule has 0 radical (unpaired) electrons. The van der Waals surface area contributed by atoms with Crippen LogP contribution in [0.25, 0.3) is 17.0 Å². The second-order valence-electron chi connectivity index (χ2n) is 7.76. The van der Waals surface area contributed by atoms with Crippen molar-refractivity contribution in [1.29, 1.82) is 0 Å². The minimum atomic E-state index is -0.629. The average Bonchev–Trinajstić information content (AvgIpc) is 3.27. The Labute approximate surface area is 197 Å². The van der Waals surface area contributed by atoms with Crippen molar-refractivity contribution in [1.82, 2.24) is 25.1 Å². The Morgan fingerprint density at radius 3 is 2.65 bits per heavy atom. The Balaban J connectivity index is 1.35. The van der Waals surface area contributed by atoms with E-state index in [2.05, 4.69) is 20.6 Å². The Hall–Kier alpha value is -4.14. The largest absolute Gasteiger partial charge is 0.496 e. The number of benzene rings is 2. The van der Waals surface area contributed by atoms with Gasteiger partial charge in [0.05, 0.1) is 19.2 Å². The first-order valence-electron chi connectivity index (χ1n) is 11.0. The molecule has 2 aromatic carbocycles. The highest BCUT2D eigenvalue weighted by atomic mass is 16.5. The van der Waals surface area contributed by atoms with Crippen LogP contribution in [0.3, 0.4) is 0 Å². The molecule has 0 aliphatic rings. The molecule has 0 fully saturated rings. The highest BCUT2D eigenvalue weighted by molar-refractivity contribution is 5.80. The zero-order valence-corrected chi connectivity index (χ0v) is 19.6. The molecule has 2 heterocycles. The van der Waals surface area contributed by atoms with Gasteiger partial charge in [-0.3, -0.25) is 4.79 Å². The number of fused-ring (bicyclic) bond motifs is 1. The lowest BCUT2D eigenvalue weighted by Crippen LogP contribution is -2.38. The van der Waals surface area contributed by atoms with E-state index in [0.717, 1.165) is 16.7 Å². The molecule has 34 heavy (non-hydrogen) atoms. The molecule has 1 amide bonds. The van der Waals surface area contributed by atoms with Crippen molar-refractivity contribution in [3.05, 3.63) is 65.7 Å². The number of nitrogens with one attached hydrogen (secondary N) is 1. The van der Waals surface area contributed by atoms with Crippen LogP contribution in [-0.4, -0.2) is 52.1 Å². The van der Waals surface area contributed by atoms with Gasteiger partial charge < -0.3 is 19.5 Å². The molecular formula is C25H27N5O4. The zero-order chi connectivity index (χ0) is 24.1. The number of carbonyl (C=O) groups excluding carboxylic acids is 1. The number of rotatable bonds is 9. The number of para-hydroxylation sites is 1. The first kappa shape index (κ1) is 23.0. The molecule has 176 valence electrons. The lowest BCUT2D eigenvalue weighted by molar-refractivity contribution is -0.127. The number of ether oxygens (including phenoxy) is 3. The minimum Gasteiger partial charge on any atom is -0.496 e. The fourth-order valence-electron chi connectivity index (χ4n) is 3.42. The Morgan fingerprint density at radius 2 is 1.82 bits per heavy atom. The number of amides is 1. The van der Waals surface area contributed by atoms with Gasteiger partial charge in [-0.1, -0.05) is 24.3 Å². The van der Waals surface area contributed by atoms with Crippen LogP contribution in [0.4, 0.5) is 0 Å². The van der Waals surface area contributed by atoms with Gasteiger partial charge in [0, 0.05) is 6.07 Å². The van der Waals surface area contributed by atoms with E-state index in [0.29, 0.717) is 35.4 Å². The van der Waals surface area contributed by atoms with E-state index in [4.69, 9.17) is 14.2 Å². The van der Waals surface area contributed by atoms with Gasteiger partial charge >= 0.3 is 0 Å². The van der Waals surface area contributed by atoms with Crippen LogP contribution >= 0.6 is 0 Å². The Bertz CT molecular complexity index is 1300. The number of aryl methyl sites for hydroxylation is 1. The molecule has 0 aliphatic heterocycles. The molecule has 1 atom stereocenters. The summed E-state index contributed by atoms with van der Waals surface area (Å²) in [6.45, 7) is 6.25. The van der Waals surface area contributed by atoms with Gasteiger partial charge in [-0.25, -0.2) is 0 Å². The number of hydrogen-bond acceptors (Lipinski definition) is 7. The maximum Gasteiger partial charge on any atom is 0.260 e. The van der Waals surface area contributed by atoms with E-state index in [1.807, 2.05) is 56.3 Å². The minimum absolute atomic E-state index is 0.217. The van der Waals surface area contributed by atoms with E-state index in [1.54, 1.807) is 30.7 Å². The fourth-order valence-corrected chi connectivity index (χ4v) is 3.42. The van der Waals surface area contributed by atoms with Gasteiger partial charge in [0.15, 0.2) is 17.6 Å². The van der Waals surface area contributed by atoms with Crippen LogP contribution in [0.5, 0.6) is 17.4 Å². The molecule has 0 spiro atoms. The lowest BCUT2D eigenvalue weighted by atomic mass is 10.1. The first-order chi connectivity index (χ1) is 16.5. The summed E-state index contributed by atoms with van der Waals surface area (Å²) < 4.78 is 18.6. The van der Waals surface area contributed by atoms with E-state index in [1.165, 1.54) is 0 Å². The van der Waals surface area contributed by atoms with E-state index in [9.17, 15) is 4.79 Å². The molecule has 2 aromatic heterocycles. The molecule has 9 nitrogen and oxygen atoms in total. The Morgan fingerprint density at radius 1 is 1.03 bits per heavy atom. The second-order valence-corrected chi connectivity index (χ2v) is 7.76. The molecule has 0 bridgehead atoms. The molecule has 9 heteroatoms. The molecule has 1 N–H and O–H groups in total.